The molecule has 0 amide bonds. The molecule has 0 aromatic heterocycles. The first-order valence-corrected chi connectivity index (χ1v) is 6.71. The number of carbonyl (C=O) groups excluding carboxylic acids is 1. The van der Waals surface area contributed by atoms with Crippen molar-refractivity contribution in [1.29, 1.82) is 0 Å². The minimum Gasteiger partial charge on any atom is -0.458 e. The van der Waals surface area contributed by atoms with Crippen LogP contribution < -0.4 is 0 Å². The predicted octanol–water partition coefficient (Wildman–Crippen LogP) is 2.36. The van der Waals surface area contributed by atoms with E-state index in [0.29, 0.717) is 5.57 Å². The van der Waals surface area contributed by atoms with Gasteiger partial charge in [-0.1, -0.05) is 17.7 Å². The average Bonchev–Trinajstić information content (AvgIpc) is 2.65. The Morgan fingerprint density at radius 3 is 2.94 bits per heavy atom. The molecule has 0 spiro atoms. The Hall–Kier alpha value is -1.09. The van der Waals surface area contributed by atoms with Gasteiger partial charge in [-0.3, -0.25) is 0 Å². The van der Waals surface area contributed by atoms with Crippen LogP contribution in [0, 0.1) is 11.8 Å². The lowest BCUT2D eigenvalue weighted by molar-refractivity contribution is -0.139. The van der Waals surface area contributed by atoms with Crippen LogP contribution in [0.15, 0.2) is 23.3 Å². The van der Waals surface area contributed by atoms with Crippen molar-refractivity contribution in [3.8, 4) is 0 Å². The maximum Gasteiger partial charge on any atom is 0.334 e. The number of aliphatic hydroxyl groups is 1. The van der Waals surface area contributed by atoms with E-state index >= 15 is 0 Å². The van der Waals surface area contributed by atoms with Crippen molar-refractivity contribution in [2.75, 3.05) is 0 Å². The Morgan fingerprint density at radius 1 is 1.50 bits per heavy atom. The molecule has 0 unspecified atom stereocenters. The Morgan fingerprint density at radius 2 is 2.22 bits per heavy atom. The zero-order valence-electron chi connectivity index (χ0n) is 11.0. The van der Waals surface area contributed by atoms with E-state index in [1.807, 2.05) is 6.92 Å². The molecule has 3 aliphatic rings. The Labute approximate surface area is 108 Å². The lowest BCUT2D eigenvalue weighted by atomic mass is 9.81. The number of hydrogen-bond donors (Lipinski definition) is 1. The predicted molar refractivity (Wildman–Crippen MR) is 67.8 cm³/mol. The van der Waals surface area contributed by atoms with Crippen LogP contribution in [0.2, 0.25) is 0 Å². The standard InChI is InChI=1S/C15H20O3/c1-8-6-13-11(9(2)14(16)18-13)7-12-10(8)4-5-15(12,3)17/h11-13,17H,2,4-7H2,1,3H3/t11-,12-,13+,15+/m0/s1. The van der Waals surface area contributed by atoms with Gasteiger partial charge in [-0.2, -0.15) is 0 Å². The summed E-state index contributed by atoms with van der Waals surface area (Å²) in [5, 5.41) is 10.5. The monoisotopic (exact) mass is 248 g/mol. The van der Waals surface area contributed by atoms with E-state index in [1.165, 1.54) is 11.1 Å². The fraction of sp³-hybridized carbons (Fsp3) is 0.667. The van der Waals surface area contributed by atoms with Crippen LogP contribution >= 0.6 is 0 Å². The summed E-state index contributed by atoms with van der Waals surface area (Å²) in [7, 11) is 0. The molecule has 1 heterocycles. The van der Waals surface area contributed by atoms with Gasteiger partial charge in [0.25, 0.3) is 0 Å². The molecular weight excluding hydrogens is 228 g/mol. The van der Waals surface area contributed by atoms with Gasteiger partial charge in [0, 0.05) is 23.8 Å². The zero-order valence-corrected chi connectivity index (χ0v) is 11.0. The van der Waals surface area contributed by atoms with Gasteiger partial charge in [0.05, 0.1) is 5.60 Å². The van der Waals surface area contributed by atoms with Crippen molar-refractivity contribution < 1.29 is 14.6 Å². The third-order valence-electron chi connectivity index (χ3n) is 5.03. The Bertz CT molecular complexity index is 458. The first-order chi connectivity index (χ1) is 8.40. The van der Waals surface area contributed by atoms with Crippen LogP contribution in [0.1, 0.15) is 39.5 Å². The maximum absolute atomic E-state index is 11.6. The lowest BCUT2D eigenvalue weighted by Crippen LogP contribution is -2.31. The molecule has 0 aromatic rings. The topological polar surface area (TPSA) is 46.5 Å². The van der Waals surface area contributed by atoms with E-state index in [0.717, 1.165) is 25.7 Å². The molecule has 0 radical (unpaired) electrons. The van der Waals surface area contributed by atoms with Crippen molar-refractivity contribution in [3.05, 3.63) is 23.3 Å². The molecule has 98 valence electrons. The summed E-state index contributed by atoms with van der Waals surface area (Å²) in [6.45, 7) is 7.90. The van der Waals surface area contributed by atoms with Crippen molar-refractivity contribution in [2.45, 2.75) is 51.2 Å². The number of esters is 1. The average molecular weight is 248 g/mol. The lowest BCUT2D eigenvalue weighted by Gasteiger charge is -2.28. The fourth-order valence-corrected chi connectivity index (χ4v) is 3.85. The molecule has 1 saturated heterocycles. The van der Waals surface area contributed by atoms with Crippen LogP contribution in [0.5, 0.6) is 0 Å². The van der Waals surface area contributed by atoms with E-state index in [2.05, 4.69) is 13.5 Å². The Kier molecular flexibility index (Phi) is 2.46. The van der Waals surface area contributed by atoms with Crippen LogP contribution in [-0.4, -0.2) is 22.8 Å². The quantitative estimate of drug-likeness (QED) is 0.406. The molecule has 3 rings (SSSR count). The Balaban J connectivity index is 1.99. The van der Waals surface area contributed by atoms with Crippen LogP contribution in [0.3, 0.4) is 0 Å². The molecule has 18 heavy (non-hydrogen) atoms. The van der Waals surface area contributed by atoms with E-state index in [9.17, 15) is 9.90 Å². The van der Waals surface area contributed by atoms with Crippen LogP contribution in [0.25, 0.3) is 0 Å². The van der Waals surface area contributed by atoms with Gasteiger partial charge < -0.3 is 9.84 Å². The molecule has 4 atom stereocenters. The highest BCUT2D eigenvalue weighted by atomic mass is 16.6. The third kappa shape index (κ3) is 1.57. The molecule has 1 N–H and O–H groups in total. The highest BCUT2D eigenvalue weighted by Crippen LogP contribution is 2.50. The number of fused-ring (bicyclic) bond motifs is 2. The number of rotatable bonds is 0. The summed E-state index contributed by atoms with van der Waals surface area (Å²) < 4.78 is 5.41. The summed E-state index contributed by atoms with van der Waals surface area (Å²) in [5.74, 6) is -0.00263. The summed E-state index contributed by atoms with van der Waals surface area (Å²) in [6.07, 6.45) is 3.34. The van der Waals surface area contributed by atoms with Gasteiger partial charge in [-0.25, -0.2) is 4.79 Å². The fourth-order valence-electron chi connectivity index (χ4n) is 3.85. The highest BCUT2D eigenvalue weighted by Gasteiger charge is 2.49. The third-order valence-corrected chi connectivity index (χ3v) is 5.03. The van der Waals surface area contributed by atoms with Gasteiger partial charge >= 0.3 is 5.97 Å². The van der Waals surface area contributed by atoms with Crippen LogP contribution in [0.4, 0.5) is 0 Å². The SMILES string of the molecule is C=C1C(=O)O[C@@H]2CC(C)=C3CC[C@@](C)(O)[C@H]3C[C@@H]12. The van der Waals surface area contributed by atoms with Crippen molar-refractivity contribution in [2.24, 2.45) is 11.8 Å². The second-order valence-electron chi connectivity index (χ2n) is 6.23. The summed E-state index contributed by atoms with van der Waals surface area (Å²) in [6, 6.07) is 0. The van der Waals surface area contributed by atoms with Gasteiger partial charge in [-0.15, -0.1) is 0 Å². The molecule has 1 aliphatic heterocycles. The number of hydrogen-bond acceptors (Lipinski definition) is 3. The number of ether oxygens (including phenoxy) is 1. The van der Waals surface area contributed by atoms with E-state index in [4.69, 9.17) is 4.74 Å². The molecule has 2 aliphatic carbocycles. The largest absolute Gasteiger partial charge is 0.458 e. The first kappa shape index (κ1) is 12.0. The maximum atomic E-state index is 11.6. The zero-order chi connectivity index (χ0) is 13.1. The van der Waals surface area contributed by atoms with Crippen molar-refractivity contribution >= 4 is 5.97 Å². The summed E-state index contributed by atoms with van der Waals surface area (Å²) in [4.78, 5) is 11.6. The second kappa shape index (κ2) is 3.70. The van der Waals surface area contributed by atoms with Crippen molar-refractivity contribution in [3.63, 3.8) is 0 Å². The molecular formula is C15H20O3. The van der Waals surface area contributed by atoms with E-state index < -0.39 is 5.60 Å². The highest BCUT2D eigenvalue weighted by molar-refractivity contribution is 5.90. The molecule has 0 bridgehead atoms. The van der Waals surface area contributed by atoms with Gasteiger partial charge in [0.15, 0.2) is 0 Å². The molecule has 3 heteroatoms. The van der Waals surface area contributed by atoms with E-state index in [1.54, 1.807) is 0 Å². The van der Waals surface area contributed by atoms with Gasteiger partial charge in [-0.05, 0) is 33.1 Å². The van der Waals surface area contributed by atoms with Gasteiger partial charge in [0.1, 0.15) is 6.10 Å². The first-order valence-electron chi connectivity index (χ1n) is 6.71. The summed E-state index contributed by atoms with van der Waals surface area (Å²) in [5.41, 5.74) is 2.64. The van der Waals surface area contributed by atoms with Crippen LogP contribution in [-0.2, 0) is 9.53 Å². The minimum absolute atomic E-state index is 0.0566. The van der Waals surface area contributed by atoms with Crippen molar-refractivity contribution in [1.82, 2.24) is 0 Å². The van der Waals surface area contributed by atoms with Gasteiger partial charge in [0.2, 0.25) is 0 Å². The molecule has 2 fully saturated rings. The second-order valence-corrected chi connectivity index (χ2v) is 6.23. The molecule has 0 aromatic carbocycles. The molecule has 3 nitrogen and oxygen atoms in total. The smallest absolute Gasteiger partial charge is 0.334 e. The number of carbonyl (C=O) groups is 1. The minimum atomic E-state index is -0.641. The van der Waals surface area contributed by atoms with E-state index in [-0.39, 0.29) is 23.9 Å². The summed E-state index contributed by atoms with van der Waals surface area (Å²) >= 11 is 0. The normalized spacial score (nSPS) is 43.6. The molecule has 1 saturated carbocycles.